The molecule has 0 heterocycles. The molecule has 0 aliphatic rings. The highest BCUT2D eigenvalue weighted by molar-refractivity contribution is 5.92. The van der Waals surface area contributed by atoms with Gasteiger partial charge in [0, 0.05) is 6.54 Å². The normalized spacial score (nSPS) is 11.2. The lowest BCUT2D eigenvalue weighted by Gasteiger charge is -2.31. The number of carbonyl (C=O) groups is 1. The molecule has 0 spiro atoms. The van der Waals surface area contributed by atoms with Crippen molar-refractivity contribution in [3.8, 4) is 0 Å². The molecule has 18 heavy (non-hydrogen) atoms. The fraction of sp³-hybridized carbons (Fsp3) is 0.188. The molecule has 0 amide bonds. The number of benzene rings is 2. The highest BCUT2D eigenvalue weighted by Gasteiger charge is 2.37. The van der Waals surface area contributed by atoms with Gasteiger partial charge in [0.25, 0.3) is 0 Å². The standard InChI is InChI=1S/C16H17NO/c1-13(18)16(12-17,14-8-4-2-5-9-14)15-10-6-3-7-11-15/h2-11H,12,17H2,1H3. The lowest BCUT2D eigenvalue weighted by Crippen LogP contribution is -2.42. The molecule has 0 atom stereocenters. The van der Waals surface area contributed by atoms with E-state index in [1.54, 1.807) is 6.92 Å². The Kier molecular flexibility index (Phi) is 3.58. The summed E-state index contributed by atoms with van der Waals surface area (Å²) in [4.78, 5) is 12.2. The van der Waals surface area contributed by atoms with Crippen LogP contribution < -0.4 is 5.73 Å². The SMILES string of the molecule is CC(=O)C(CN)(c1ccccc1)c1ccccc1. The van der Waals surface area contributed by atoms with E-state index in [1.165, 1.54) is 0 Å². The van der Waals surface area contributed by atoms with Gasteiger partial charge in [0.1, 0.15) is 5.78 Å². The van der Waals surface area contributed by atoms with Crippen molar-refractivity contribution in [3.63, 3.8) is 0 Å². The van der Waals surface area contributed by atoms with Crippen molar-refractivity contribution in [1.29, 1.82) is 0 Å². The number of hydrogen-bond acceptors (Lipinski definition) is 2. The maximum atomic E-state index is 12.2. The van der Waals surface area contributed by atoms with E-state index >= 15 is 0 Å². The molecule has 2 N–H and O–H groups in total. The van der Waals surface area contributed by atoms with Crippen LogP contribution in [0.2, 0.25) is 0 Å². The molecule has 0 aromatic heterocycles. The first-order valence-electron chi connectivity index (χ1n) is 6.04. The molecule has 0 bridgehead atoms. The maximum Gasteiger partial charge on any atom is 0.146 e. The average molecular weight is 239 g/mol. The summed E-state index contributed by atoms with van der Waals surface area (Å²) in [6.45, 7) is 1.88. The monoisotopic (exact) mass is 239 g/mol. The van der Waals surface area contributed by atoms with E-state index in [1.807, 2.05) is 60.7 Å². The Morgan fingerprint density at radius 3 is 1.61 bits per heavy atom. The molecule has 2 nitrogen and oxygen atoms in total. The zero-order valence-corrected chi connectivity index (χ0v) is 10.5. The van der Waals surface area contributed by atoms with Crippen LogP contribution in [0.4, 0.5) is 0 Å². The summed E-state index contributed by atoms with van der Waals surface area (Å²) in [6, 6.07) is 19.5. The zero-order chi connectivity index (χ0) is 13.0. The zero-order valence-electron chi connectivity index (χ0n) is 10.5. The van der Waals surface area contributed by atoms with Crippen molar-refractivity contribution < 1.29 is 4.79 Å². The van der Waals surface area contributed by atoms with Gasteiger partial charge in [-0.1, -0.05) is 60.7 Å². The van der Waals surface area contributed by atoms with Crippen LogP contribution in [0, 0.1) is 0 Å². The van der Waals surface area contributed by atoms with Gasteiger partial charge in [-0.15, -0.1) is 0 Å². The second-order valence-corrected chi connectivity index (χ2v) is 4.40. The van der Waals surface area contributed by atoms with E-state index < -0.39 is 5.41 Å². The van der Waals surface area contributed by atoms with E-state index in [2.05, 4.69) is 0 Å². The van der Waals surface area contributed by atoms with E-state index in [-0.39, 0.29) is 12.3 Å². The molecule has 2 heteroatoms. The van der Waals surface area contributed by atoms with Gasteiger partial charge in [-0.2, -0.15) is 0 Å². The minimum atomic E-state index is -0.734. The van der Waals surface area contributed by atoms with Gasteiger partial charge in [0.2, 0.25) is 0 Å². The van der Waals surface area contributed by atoms with Crippen LogP contribution in [0.5, 0.6) is 0 Å². The highest BCUT2D eigenvalue weighted by atomic mass is 16.1. The summed E-state index contributed by atoms with van der Waals surface area (Å²) in [7, 11) is 0. The van der Waals surface area contributed by atoms with Crippen molar-refractivity contribution in [2.75, 3.05) is 6.54 Å². The van der Waals surface area contributed by atoms with Gasteiger partial charge in [0.05, 0.1) is 5.41 Å². The van der Waals surface area contributed by atoms with Crippen LogP contribution >= 0.6 is 0 Å². The summed E-state index contributed by atoms with van der Waals surface area (Å²) in [5.41, 5.74) is 7.12. The van der Waals surface area contributed by atoms with Gasteiger partial charge in [-0.3, -0.25) is 4.79 Å². The molecule has 0 aliphatic carbocycles. The van der Waals surface area contributed by atoms with Crippen molar-refractivity contribution in [3.05, 3.63) is 71.8 Å². The number of rotatable bonds is 4. The smallest absolute Gasteiger partial charge is 0.146 e. The molecule has 0 radical (unpaired) electrons. The minimum Gasteiger partial charge on any atom is -0.329 e. The van der Waals surface area contributed by atoms with Gasteiger partial charge >= 0.3 is 0 Å². The molecule has 0 saturated carbocycles. The Hall–Kier alpha value is -1.93. The van der Waals surface area contributed by atoms with Gasteiger partial charge < -0.3 is 5.73 Å². The summed E-state index contributed by atoms with van der Waals surface area (Å²) < 4.78 is 0. The summed E-state index contributed by atoms with van der Waals surface area (Å²) >= 11 is 0. The summed E-state index contributed by atoms with van der Waals surface area (Å²) in [5, 5.41) is 0. The molecule has 0 aliphatic heterocycles. The molecular formula is C16H17NO. The molecular weight excluding hydrogens is 222 g/mol. The van der Waals surface area contributed by atoms with E-state index in [4.69, 9.17) is 5.73 Å². The molecule has 0 unspecified atom stereocenters. The lowest BCUT2D eigenvalue weighted by atomic mass is 9.72. The van der Waals surface area contributed by atoms with E-state index in [0.29, 0.717) is 0 Å². The number of hydrogen-bond donors (Lipinski definition) is 1. The fourth-order valence-electron chi connectivity index (χ4n) is 2.40. The van der Waals surface area contributed by atoms with Gasteiger partial charge in [-0.25, -0.2) is 0 Å². The average Bonchev–Trinajstić information content (AvgIpc) is 2.42. The number of Topliss-reactive ketones (excluding diaryl/α,β-unsaturated/α-hetero) is 1. The first-order valence-corrected chi connectivity index (χ1v) is 6.04. The van der Waals surface area contributed by atoms with Crippen molar-refractivity contribution >= 4 is 5.78 Å². The Balaban J connectivity index is 2.65. The molecule has 2 aromatic rings. The largest absolute Gasteiger partial charge is 0.329 e. The van der Waals surface area contributed by atoms with Crippen LogP contribution in [0.25, 0.3) is 0 Å². The predicted molar refractivity (Wildman–Crippen MR) is 73.4 cm³/mol. The quantitative estimate of drug-likeness (QED) is 0.891. The maximum absolute atomic E-state index is 12.2. The summed E-state index contributed by atoms with van der Waals surface area (Å²) in [6.07, 6.45) is 0. The summed E-state index contributed by atoms with van der Waals surface area (Å²) in [5.74, 6) is 0.0717. The second kappa shape index (κ2) is 5.15. The lowest BCUT2D eigenvalue weighted by molar-refractivity contribution is -0.120. The van der Waals surface area contributed by atoms with Gasteiger partial charge in [0.15, 0.2) is 0 Å². The van der Waals surface area contributed by atoms with Gasteiger partial charge in [-0.05, 0) is 18.1 Å². The Labute approximate surface area is 107 Å². The third kappa shape index (κ3) is 1.95. The third-order valence-corrected chi connectivity index (χ3v) is 3.44. The van der Waals surface area contributed by atoms with Crippen LogP contribution in [0.15, 0.2) is 60.7 Å². The highest BCUT2D eigenvalue weighted by Crippen LogP contribution is 2.32. The van der Waals surface area contributed by atoms with E-state index in [0.717, 1.165) is 11.1 Å². The van der Waals surface area contributed by atoms with Crippen molar-refractivity contribution in [1.82, 2.24) is 0 Å². The Morgan fingerprint density at radius 2 is 1.33 bits per heavy atom. The van der Waals surface area contributed by atoms with Crippen molar-refractivity contribution in [2.45, 2.75) is 12.3 Å². The second-order valence-electron chi connectivity index (χ2n) is 4.40. The number of nitrogens with two attached hydrogens (primary N) is 1. The van der Waals surface area contributed by atoms with Crippen LogP contribution in [-0.2, 0) is 10.2 Å². The van der Waals surface area contributed by atoms with Crippen LogP contribution in [-0.4, -0.2) is 12.3 Å². The molecule has 2 aromatic carbocycles. The van der Waals surface area contributed by atoms with Crippen LogP contribution in [0.3, 0.4) is 0 Å². The minimum absolute atomic E-state index is 0.0717. The Bertz CT molecular complexity index is 480. The van der Waals surface area contributed by atoms with Crippen LogP contribution in [0.1, 0.15) is 18.1 Å². The Morgan fingerprint density at radius 1 is 0.944 bits per heavy atom. The van der Waals surface area contributed by atoms with Crippen molar-refractivity contribution in [2.24, 2.45) is 5.73 Å². The molecule has 2 rings (SSSR count). The topological polar surface area (TPSA) is 43.1 Å². The fourth-order valence-corrected chi connectivity index (χ4v) is 2.40. The van der Waals surface area contributed by atoms with E-state index in [9.17, 15) is 4.79 Å². The molecule has 0 fully saturated rings. The third-order valence-electron chi connectivity index (χ3n) is 3.44. The first kappa shape index (κ1) is 12.5. The first-order chi connectivity index (χ1) is 8.71. The predicted octanol–water partition coefficient (Wildman–Crippen LogP) is 2.52. The molecule has 92 valence electrons. The molecule has 0 saturated heterocycles. The number of carbonyl (C=O) groups excluding carboxylic acids is 1. The number of ketones is 1.